The number of ether oxygens (including phenoxy) is 2. The van der Waals surface area contributed by atoms with Crippen LogP contribution in [0.3, 0.4) is 0 Å². The van der Waals surface area contributed by atoms with E-state index in [-0.39, 0.29) is 24.0 Å². The van der Waals surface area contributed by atoms with Crippen LogP contribution in [0.1, 0.15) is 16.8 Å². The van der Waals surface area contributed by atoms with Crippen molar-refractivity contribution in [2.75, 3.05) is 23.9 Å². The molecule has 0 bridgehead atoms. The third-order valence-corrected chi connectivity index (χ3v) is 5.20. The van der Waals surface area contributed by atoms with Gasteiger partial charge in [-0.05, 0) is 36.4 Å². The van der Waals surface area contributed by atoms with Gasteiger partial charge in [-0.3, -0.25) is 9.59 Å². The monoisotopic (exact) mass is 430 g/mol. The van der Waals surface area contributed by atoms with Crippen LogP contribution in [0.4, 0.5) is 11.4 Å². The molecule has 3 aromatic carbocycles. The minimum absolute atomic E-state index is 0.0872. The van der Waals surface area contributed by atoms with E-state index < -0.39 is 11.9 Å². The van der Waals surface area contributed by atoms with E-state index in [9.17, 15) is 14.4 Å². The highest BCUT2D eigenvalue weighted by molar-refractivity contribution is 6.03. The maximum Gasteiger partial charge on any atom is 0.347 e. The first kappa shape index (κ1) is 21.1. The highest BCUT2D eigenvalue weighted by Gasteiger charge is 2.35. The van der Waals surface area contributed by atoms with Crippen LogP contribution in [0.15, 0.2) is 78.9 Å². The Bertz CT molecular complexity index is 1150. The van der Waals surface area contributed by atoms with Crippen LogP contribution in [0.5, 0.6) is 11.5 Å². The lowest BCUT2D eigenvalue weighted by Gasteiger charge is -2.16. The van der Waals surface area contributed by atoms with Crippen LogP contribution >= 0.6 is 0 Å². The molecule has 2 amide bonds. The van der Waals surface area contributed by atoms with Gasteiger partial charge in [-0.25, -0.2) is 4.79 Å². The van der Waals surface area contributed by atoms with Crippen molar-refractivity contribution < 1.29 is 23.9 Å². The quantitative estimate of drug-likeness (QED) is 0.474. The van der Waals surface area contributed by atoms with Crippen molar-refractivity contribution in [2.45, 2.75) is 6.42 Å². The van der Waals surface area contributed by atoms with Crippen molar-refractivity contribution in [2.24, 2.45) is 5.92 Å². The predicted molar refractivity (Wildman–Crippen MR) is 120 cm³/mol. The molecule has 32 heavy (non-hydrogen) atoms. The minimum Gasteiger partial charge on any atom is -0.496 e. The summed E-state index contributed by atoms with van der Waals surface area (Å²) in [6, 6.07) is 22.6. The molecule has 7 heteroatoms. The average molecular weight is 430 g/mol. The number of para-hydroxylation sites is 2. The summed E-state index contributed by atoms with van der Waals surface area (Å²) in [5.74, 6) is -0.683. The van der Waals surface area contributed by atoms with E-state index in [2.05, 4.69) is 5.32 Å². The van der Waals surface area contributed by atoms with Gasteiger partial charge in [0, 0.05) is 30.4 Å². The second-order valence-corrected chi connectivity index (χ2v) is 7.35. The number of carbonyl (C=O) groups excluding carboxylic acids is 3. The number of hydrogen-bond acceptors (Lipinski definition) is 5. The maximum atomic E-state index is 12.8. The maximum absolute atomic E-state index is 12.8. The van der Waals surface area contributed by atoms with E-state index in [1.807, 2.05) is 30.3 Å². The highest BCUT2D eigenvalue weighted by atomic mass is 16.5. The Kier molecular flexibility index (Phi) is 6.17. The lowest BCUT2D eigenvalue weighted by atomic mass is 10.1. The van der Waals surface area contributed by atoms with Crippen molar-refractivity contribution in [3.05, 3.63) is 84.4 Å². The fraction of sp³-hybridized carbons (Fsp3) is 0.160. The Morgan fingerprint density at radius 1 is 0.969 bits per heavy atom. The summed E-state index contributed by atoms with van der Waals surface area (Å²) >= 11 is 0. The van der Waals surface area contributed by atoms with E-state index in [0.29, 0.717) is 23.5 Å². The molecule has 1 aliphatic rings. The summed E-state index contributed by atoms with van der Waals surface area (Å²) in [7, 11) is 1.48. The van der Waals surface area contributed by atoms with Crippen molar-refractivity contribution in [1.29, 1.82) is 0 Å². The van der Waals surface area contributed by atoms with Crippen LogP contribution in [-0.2, 0) is 9.59 Å². The number of hydrogen-bond donors (Lipinski definition) is 1. The Labute approximate surface area is 185 Å². The van der Waals surface area contributed by atoms with Gasteiger partial charge in [-0.15, -0.1) is 0 Å². The number of nitrogens with zero attached hydrogens (tertiary/aromatic N) is 1. The molecule has 1 heterocycles. The molecular weight excluding hydrogens is 408 g/mol. The summed E-state index contributed by atoms with van der Waals surface area (Å²) in [6.45, 7) is 0.317. The molecule has 0 saturated carbocycles. The minimum atomic E-state index is -0.564. The molecule has 1 N–H and O–H groups in total. The van der Waals surface area contributed by atoms with Crippen LogP contribution in [0.2, 0.25) is 0 Å². The Morgan fingerprint density at radius 2 is 1.72 bits per heavy atom. The van der Waals surface area contributed by atoms with Crippen LogP contribution in [-0.4, -0.2) is 31.4 Å². The predicted octanol–water partition coefficient (Wildman–Crippen LogP) is 3.91. The summed E-state index contributed by atoms with van der Waals surface area (Å²) in [4.78, 5) is 39.3. The Hall–Kier alpha value is -4.13. The zero-order valence-corrected chi connectivity index (χ0v) is 17.5. The molecule has 0 radical (unpaired) electrons. The first-order chi connectivity index (χ1) is 15.5. The van der Waals surface area contributed by atoms with Gasteiger partial charge >= 0.3 is 5.97 Å². The van der Waals surface area contributed by atoms with Crippen LogP contribution in [0, 0.1) is 5.92 Å². The van der Waals surface area contributed by atoms with Gasteiger partial charge in [0.1, 0.15) is 17.1 Å². The third-order valence-electron chi connectivity index (χ3n) is 5.20. The molecular formula is C25H22N2O5. The topological polar surface area (TPSA) is 84.9 Å². The second-order valence-electron chi connectivity index (χ2n) is 7.35. The Balaban J connectivity index is 1.41. The van der Waals surface area contributed by atoms with Gasteiger partial charge < -0.3 is 19.7 Å². The van der Waals surface area contributed by atoms with Crippen LogP contribution in [0.25, 0.3) is 0 Å². The number of carbonyl (C=O) groups is 3. The van der Waals surface area contributed by atoms with Crippen molar-refractivity contribution in [3.63, 3.8) is 0 Å². The van der Waals surface area contributed by atoms with Gasteiger partial charge in [0.15, 0.2) is 0 Å². The molecule has 7 nitrogen and oxygen atoms in total. The summed E-state index contributed by atoms with van der Waals surface area (Å²) in [5, 5.41) is 2.82. The molecule has 1 saturated heterocycles. The molecule has 162 valence electrons. The number of anilines is 2. The van der Waals surface area contributed by atoms with E-state index in [1.54, 1.807) is 53.4 Å². The third kappa shape index (κ3) is 4.62. The molecule has 1 atom stereocenters. The van der Waals surface area contributed by atoms with E-state index in [0.717, 1.165) is 5.69 Å². The highest BCUT2D eigenvalue weighted by Crippen LogP contribution is 2.27. The lowest BCUT2D eigenvalue weighted by Crippen LogP contribution is -2.28. The van der Waals surface area contributed by atoms with Crippen molar-refractivity contribution >= 4 is 29.2 Å². The van der Waals surface area contributed by atoms with E-state index in [4.69, 9.17) is 9.47 Å². The molecule has 0 aliphatic carbocycles. The molecule has 4 rings (SSSR count). The number of esters is 1. The number of methoxy groups -OCH3 is 1. The molecule has 0 spiro atoms. The van der Waals surface area contributed by atoms with Gasteiger partial charge in [0.05, 0.1) is 13.0 Å². The molecule has 1 fully saturated rings. The Morgan fingerprint density at radius 3 is 2.50 bits per heavy atom. The number of rotatable bonds is 6. The normalized spacial score (nSPS) is 15.3. The van der Waals surface area contributed by atoms with Gasteiger partial charge in [-0.1, -0.05) is 36.4 Å². The van der Waals surface area contributed by atoms with E-state index >= 15 is 0 Å². The fourth-order valence-corrected chi connectivity index (χ4v) is 3.60. The molecule has 3 aromatic rings. The SMILES string of the molecule is COc1ccccc1C(=O)Oc1cccc(NC(=O)[C@@H]2CC(=O)N(c3ccccc3)C2)c1. The smallest absolute Gasteiger partial charge is 0.347 e. The molecule has 0 aromatic heterocycles. The number of nitrogens with one attached hydrogen (secondary N) is 1. The number of amides is 2. The van der Waals surface area contributed by atoms with E-state index in [1.165, 1.54) is 7.11 Å². The second kappa shape index (κ2) is 9.34. The summed E-state index contributed by atoms with van der Waals surface area (Å²) in [5.41, 5.74) is 1.55. The lowest BCUT2D eigenvalue weighted by molar-refractivity contribution is -0.122. The first-order valence-electron chi connectivity index (χ1n) is 10.2. The fourth-order valence-electron chi connectivity index (χ4n) is 3.60. The van der Waals surface area contributed by atoms with Crippen LogP contribution < -0.4 is 19.7 Å². The summed E-state index contributed by atoms with van der Waals surface area (Å²) < 4.78 is 10.6. The van der Waals surface area contributed by atoms with Gasteiger partial charge in [-0.2, -0.15) is 0 Å². The first-order valence-corrected chi connectivity index (χ1v) is 10.2. The largest absolute Gasteiger partial charge is 0.496 e. The zero-order chi connectivity index (χ0) is 22.5. The van der Waals surface area contributed by atoms with Crippen molar-refractivity contribution in [1.82, 2.24) is 0 Å². The van der Waals surface area contributed by atoms with Gasteiger partial charge in [0.25, 0.3) is 0 Å². The average Bonchev–Trinajstić information content (AvgIpc) is 3.21. The molecule has 0 unspecified atom stereocenters. The number of benzene rings is 3. The summed E-state index contributed by atoms with van der Waals surface area (Å²) in [6.07, 6.45) is 0.142. The molecule has 1 aliphatic heterocycles. The zero-order valence-electron chi connectivity index (χ0n) is 17.5. The standard InChI is InChI=1S/C25H22N2O5/c1-31-22-13-6-5-12-21(22)25(30)32-20-11-7-8-18(15-20)26-24(29)17-14-23(28)27(16-17)19-9-3-2-4-10-19/h2-13,15,17H,14,16H2,1H3,(H,26,29)/t17-/m1/s1. The van der Waals surface area contributed by atoms with Crippen molar-refractivity contribution in [3.8, 4) is 11.5 Å². The van der Waals surface area contributed by atoms with Gasteiger partial charge in [0.2, 0.25) is 11.8 Å².